The summed E-state index contributed by atoms with van der Waals surface area (Å²) in [7, 11) is 0. The first-order valence-electron chi connectivity index (χ1n) is 8.50. The van der Waals surface area contributed by atoms with Gasteiger partial charge in [-0.1, -0.05) is 24.3 Å². The number of benzene rings is 2. The van der Waals surface area contributed by atoms with Crippen molar-refractivity contribution >= 4 is 17.7 Å². The summed E-state index contributed by atoms with van der Waals surface area (Å²) >= 11 is 0. The van der Waals surface area contributed by atoms with Gasteiger partial charge in [0.1, 0.15) is 5.75 Å². The fraction of sp³-hybridized carbons (Fsp3) is 0.300. The highest BCUT2D eigenvalue weighted by atomic mass is 16.5. The number of hydrogen-bond acceptors (Lipinski definition) is 4. The Morgan fingerprint density at radius 2 is 1.88 bits per heavy atom. The molecule has 2 aromatic rings. The predicted octanol–water partition coefficient (Wildman–Crippen LogP) is 4.28. The van der Waals surface area contributed by atoms with Crippen molar-refractivity contribution < 1.29 is 19.1 Å². The van der Waals surface area contributed by atoms with Crippen LogP contribution in [0.1, 0.15) is 36.8 Å². The van der Waals surface area contributed by atoms with Crippen molar-refractivity contribution in [1.82, 2.24) is 0 Å². The van der Waals surface area contributed by atoms with E-state index in [1.807, 2.05) is 18.2 Å². The third kappa shape index (κ3) is 4.18. The Labute approximate surface area is 147 Å². The number of fused-ring (bicyclic) bond motifs is 1. The molecule has 0 radical (unpaired) electrons. The lowest BCUT2D eigenvalue weighted by atomic mass is 9.83. The fourth-order valence-electron chi connectivity index (χ4n) is 3.08. The molecule has 0 saturated heterocycles. The molecule has 130 valence electrons. The standard InChI is InChI=1S/C20H21NO4/c1-2-24-20(23)21-15-10-12-16(13-11-15)25-19(22)18-9-5-7-14-6-3-4-8-17(14)18/h3-4,6,8,10-13,18H,2,5,7,9H2,1H3,(H,21,23). The first-order valence-corrected chi connectivity index (χ1v) is 8.50. The third-order valence-electron chi connectivity index (χ3n) is 4.25. The topological polar surface area (TPSA) is 64.6 Å². The Morgan fingerprint density at radius 1 is 1.12 bits per heavy atom. The summed E-state index contributed by atoms with van der Waals surface area (Å²) in [6.07, 6.45) is 2.29. The predicted molar refractivity (Wildman–Crippen MR) is 94.8 cm³/mol. The lowest BCUT2D eigenvalue weighted by molar-refractivity contribution is -0.136. The van der Waals surface area contributed by atoms with Gasteiger partial charge in [0.2, 0.25) is 0 Å². The van der Waals surface area contributed by atoms with Gasteiger partial charge >= 0.3 is 12.1 Å². The number of esters is 1. The van der Waals surface area contributed by atoms with Crippen LogP contribution in [0.4, 0.5) is 10.5 Å². The molecule has 1 amide bonds. The summed E-state index contributed by atoms with van der Waals surface area (Å²) in [6, 6.07) is 14.7. The van der Waals surface area contributed by atoms with Gasteiger partial charge in [-0.2, -0.15) is 0 Å². The van der Waals surface area contributed by atoms with Gasteiger partial charge in [0.05, 0.1) is 12.5 Å². The van der Waals surface area contributed by atoms with Crippen LogP contribution in [-0.4, -0.2) is 18.7 Å². The van der Waals surface area contributed by atoms with Crippen LogP contribution in [0.2, 0.25) is 0 Å². The molecule has 1 atom stereocenters. The molecule has 1 aliphatic rings. The van der Waals surface area contributed by atoms with E-state index in [-0.39, 0.29) is 11.9 Å². The van der Waals surface area contributed by atoms with Gasteiger partial charge in [0, 0.05) is 5.69 Å². The van der Waals surface area contributed by atoms with Crippen LogP contribution in [0.5, 0.6) is 5.75 Å². The Kier molecular flexibility index (Phi) is 5.33. The van der Waals surface area contributed by atoms with Gasteiger partial charge in [-0.3, -0.25) is 10.1 Å². The maximum absolute atomic E-state index is 12.6. The van der Waals surface area contributed by atoms with Crippen LogP contribution < -0.4 is 10.1 Å². The lowest BCUT2D eigenvalue weighted by Crippen LogP contribution is -2.23. The van der Waals surface area contributed by atoms with Crippen molar-refractivity contribution in [1.29, 1.82) is 0 Å². The highest BCUT2D eigenvalue weighted by Gasteiger charge is 2.27. The van der Waals surface area contributed by atoms with E-state index in [9.17, 15) is 9.59 Å². The van der Waals surface area contributed by atoms with Crippen molar-refractivity contribution in [2.45, 2.75) is 32.1 Å². The third-order valence-corrected chi connectivity index (χ3v) is 4.25. The van der Waals surface area contributed by atoms with E-state index in [2.05, 4.69) is 11.4 Å². The Morgan fingerprint density at radius 3 is 2.64 bits per heavy atom. The summed E-state index contributed by atoms with van der Waals surface area (Å²) in [5, 5.41) is 2.60. The molecule has 0 heterocycles. The van der Waals surface area contributed by atoms with E-state index in [0.717, 1.165) is 24.8 Å². The molecule has 3 rings (SSSR count). The largest absolute Gasteiger partial charge is 0.450 e. The number of carbonyl (C=O) groups excluding carboxylic acids is 2. The number of ether oxygens (including phenoxy) is 2. The zero-order valence-corrected chi connectivity index (χ0v) is 14.2. The van der Waals surface area contributed by atoms with E-state index in [1.54, 1.807) is 31.2 Å². The molecule has 1 unspecified atom stereocenters. The SMILES string of the molecule is CCOC(=O)Nc1ccc(OC(=O)C2CCCc3ccccc32)cc1. The Hall–Kier alpha value is -2.82. The summed E-state index contributed by atoms with van der Waals surface area (Å²) < 4.78 is 10.4. The van der Waals surface area contributed by atoms with Crippen LogP contribution in [0.25, 0.3) is 0 Å². The highest BCUT2D eigenvalue weighted by Crippen LogP contribution is 2.32. The molecule has 5 nitrogen and oxygen atoms in total. The summed E-state index contributed by atoms with van der Waals surface area (Å²) in [5.74, 6) is 0.00278. The highest BCUT2D eigenvalue weighted by molar-refractivity contribution is 5.85. The smallest absolute Gasteiger partial charge is 0.411 e. The van der Waals surface area contributed by atoms with E-state index < -0.39 is 6.09 Å². The second-order valence-corrected chi connectivity index (χ2v) is 5.93. The van der Waals surface area contributed by atoms with E-state index in [0.29, 0.717) is 18.0 Å². The number of anilines is 1. The zero-order chi connectivity index (χ0) is 17.6. The van der Waals surface area contributed by atoms with Gasteiger partial charge in [-0.15, -0.1) is 0 Å². The molecule has 1 N–H and O–H groups in total. The van der Waals surface area contributed by atoms with Crippen LogP contribution >= 0.6 is 0 Å². The number of aryl methyl sites for hydroxylation is 1. The molecule has 25 heavy (non-hydrogen) atoms. The van der Waals surface area contributed by atoms with Crippen LogP contribution in [0, 0.1) is 0 Å². The molecule has 2 aromatic carbocycles. The Balaban J connectivity index is 1.65. The van der Waals surface area contributed by atoms with Gasteiger partial charge in [0.25, 0.3) is 0 Å². The second-order valence-electron chi connectivity index (χ2n) is 5.93. The quantitative estimate of drug-likeness (QED) is 0.667. The van der Waals surface area contributed by atoms with Gasteiger partial charge in [-0.25, -0.2) is 4.79 Å². The number of hydrogen-bond donors (Lipinski definition) is 1. The monoisotopic (exact) mass is 339 g/mol. The first-order chi connectivity index (χ1) is 12.2. The van der Waals surface area contributed by atoms with Gasteiger partial charge in [-0.05, 0) is 61.6 Å². The number of rotatable bonds is 4. The average molecular weight is 339 g/mol. The Bertz CT molecular complexity index is 755. The maximum Gasteiger partial charge on any atom is 0.411 e. The average Bonchev–Trinajstić information content (AvgIpc) is 2.63. The zero-order valence-electron chi connectivity index (χ0n) is 14.2. The summed E-state index contributed by atoms with van der Waals surface area (Å²) in [6.45, 7) is 2.05. The van der Waals surface area contributed by atoms with E-state index in [4.69, 9.17) is 9.47 Å². The molecule has 0 saturated carbocycles. The molecule has 0 fully saturated rings. The van der Waals surface area contributed by atoms with Crippen molar-refractivity contribution in [3.63, 3.8) is 0 Å². The molecular formula is C20H21NO4. The minimum absolute atomic E-state index is 0.220. The van der Waals surface area contributed by atoms with E-state index >= 15 is 0 Å². The molecule has 1 aliphatic carbocycles. The van der Waals surface area contributed by atoms with Gasteiger partial charge in [0.15, 0.2) is 0 Å². The molecular weight excluding hydrogens is 318 g/mol. The van der Waals surface area contributed by atoms with Crippen LogP contribution in [0.3, 0.4) is 0 Å². The maximum atomic E-state index is 12.6. The summed E-state index contributed by atoms with van der Waals surface area (Å²) in [4.78, 5) is 23.9. The van der Waals surface area contributed by atoms with Crippen LogP contribution in [-0.2, 0) is 16.0 Å². The van der Waals surface area contributed by atoms with Crippen molar-refractivity contribution in [3.8, 4) is 5.75 Å². The number of amides is 1. The van der Waals surface area contributed by atoms with Gasteiger partial charge < -0.3 is 9.47 Å². The number of carbonyl (C=O) groups is 2. The van der Waals surface area contributed by atoms with E-state index in [1.165, 1.54) is 5.56 Å². The fourth-order valence-corrected chi connectivity index (χ4v) is 3.08. The van der Waals surface area contributed by atoms with Crippen molar-refractivity contribution in [3.05, 3.63) is 59.7 Å². The number of nitrogens with one attached hydrogen (secondary N) is 1. The lowest BCUT2D eigenvalue weighted by Gasteiger charge is -2.23. The normalized spacial score (nSPS) is 15.8. The van der Waals surface area contributed by atoms with Crippen LogP contribution in [0.15, 0.2) is 48.5 Å². The van der Waals surface area contributed by atoms with Crippen molar-refractivity contribution in [2.75, 3.05) is 11.9 Å². The minimum Gasteiger partial charge on any atom is -0.450 e. The molecule has 0 aliphatic heterocycles. The molecule has 5 heteroatoms. The second kappa shape index (κ2) is 7.83. The molecule has 0 spiro atoms. The first kappa shape index (κ1) is 17.0. The minimum atomic E-state index is -0.508. The van der Waals surface area contributed by atoms with Crippen molar-refractivity contribution in [2.24, 2.45) is 0 Å². The summed E-state index contributed by atoms with van der Waals surface area (Å²) in [5.41, 5.74) is 2.88. The molecule has 0 aromatic heterocycles. The molecule has 0 bridgehead atoms.